The lowest BCUT2D eigenvalue weighted by molar-refractivity contribution is 0.0963. The second-order valence-corrected chi connectivity index (χ2v) is 6.54. The van der Waals surface area contributed by atoms with Crippen molar-refractivity contribution in [3.63, 3.8) is 0 Å². The molecule has 1 aromatic carbocycles. The Labute approximate surface area is 131 Å². The quantitative estimate of drug-likeness (QED) is 0.659. The standard InChI is InChI=1S/C16H23N5O/c1-11(16(2,3)4)21-15(20(21)10-17)19-13-8-6-12(7-9-13)14(22)18-5/h6-9,11,15,19H,1-5H3,(H,18,22). The number of nitrogens with one attached hydrogen (secondary N) is 2. The van der Waals surface area contributed by atoms with Crippen molar-refractivity contribution in [3.8, 4) is 6.19 Å². The van der Waals surface area contributed by atoms with Gasteiger partial charge in [0.25, 0.3) is 5.91 Å². The molecule has 1 heterocycles. The number of benzene rings is 1. The molecule has 6 heteroatoms. The Hall–Kier alpha value is -2.26. The Kier molecular flexibility index (Phi) is 4.29. The van der Waals surface area contributed by atoms with Gasteiger partial charge in [-0.05, 0) is 36.6 Å². The summed E-state index contributed by atoms with van der Waals surface area (Å²) in [6.45, 7) is 8.57. The largest absolute Gasteiger partial charge is 0.355 e. The number of nitriles is 1. The normalized spacial score (nSPS) is 21.7. The lowest BCUT2D eigenvalue weighted by atomic mass is 9.88. The zero-order valence-electron chi connectivity index (χ0n) is 13.7. The molecule has 2 N–H and O–H groups in total. The maximum Gasteiger partial charge on any atom is 0.251 e. The van der Waals surface area contributed by atoms with Crippen LogP contribution in [0, 0.1) is 16.9 Å². The third-order valence-corrected chi connectivity index (χ3v) is 4.10. The van der Waals surface area contributed by atoms with E-state index in [2.05, 4.69) is 44.5 Å². The van der Waals surface area contributed by atoms with Crippen molar-refractivity contribution in [2.24, 2.45) is 5.41 Å². The molecule has 0 saturated carbocycles. The highest BCUT2D eigenvalue weighted by Crippen LogP contribution is 2.36. The second-order valence-electron chi connectivity index (χ2n) is 6.54. The molecule has 0 aliphatic carbocycles. The van der Waals surface area contributed by atoms with Gasteiger partial charge in [0.1, 0.15) is 0 Å². The molecule has 6 nitrogen and oxygen atoms in total. The van der Waals surface area contributed by atoms with Crippen molar-refractivity contribution in [1.82, 2.24) is 15.3 Å². The van der Waals surface area contributed by atoms with Gasteiger partial charge in [-0.2, -0.15) is 15.3 Å². The van der Waals surface area contributed by atoms with E-state index in [-0.39, 0.29) is 23.7 Å². The van der Waals surface area contributed by atoms with Crippen LogP contribution in [-0.4, -0.2) is 35.3 Å². The molecule has 1 aliphatic rings. The van der Waals surface area contributed by atoms with Gasteiger partial charge in [0.2, 0.25) is 0 Å². The van der Waals surface area contributed by atoms with Crippen LogP contribution < -0.4 is 10.6 Å². The van der Waals surface area contributed by atoms with Gasteiger partial charge in [-0.1, -0.05) is 20.8 Å². The number of carbonyl (C=O) groups is 1. The SMILES string of the molecule is CNC(=O)c1ccc(NC2N(C#N)N2C(C)C(C)(C)C)cc1. The van der Waals surface area contributed by atoms with Crippen molar-refractivity contribution in [2.75, 3.05) is 12.4 Å². The molecule has 3 unspecified atom stereocenters. The van der Waals surface area contributed by atoms with E-state index in [0.29, 0.717) is 5.56 Å². The van der Waals surface area contributed by atoms with Gasteiger partial charge in [-0.15, -0.1) is 0 Å². The van der Waals surface area contributed by atoms with E-state index in [4.69, 9.17) is 0 Å². The molecule has 118 valence electrons. The zero-order valence-corrected chi connectivity index (χ0v) is 13.7. The smallest absolute Gasteiger partial charge is 0.251 e. The van der Waals surface area contributed by atoms with Crippen LogP contribution in [-0.2, 0) is 0 Å². The van der Waals surface area contributed by atoms with Crippen molar-refractivity contribution in [2.45, 2.75) is 40.0 Å². The minimum atomic E-state index is -0.134. The first-order chi connectivity index (χ1) is 10.3. The summed E-state index contributed by atoms with van der Waals surface area (Å²) in [6.07, 6.45) is 2.05. The summed E-state index contributed by atoms with van der Waals surface area (Å²) in [7, 11) is 1.61. The molecule has 1 saturated heterocycles. The molecule has 3 atom stereocenters. The number of hydrogen-bond donors (Lipinski definition) is 2. The lowest BCUT2D eigenvalue weighted by Crippen LogP contribution is -2.33. The van der Waals surface area contributed by atoms with Crippen LogP contribution in [0.2, 0.25) is 0 Å². The van der Waals surface area contributed by atoms with E-state index in [1.54, 1.807) is 24.2 Å². The molecule has 0 radical (unpaired) electrons. The molecule has 0 aromatic heterocycles. The van der Waals surface area contributed by atoms with Gasteiger partial charge < -0.3 is 10.6 Å². The predicted octanol–water partition coefficient (Wildman–Crippen LogP) is 2.19. The van der Waals surface area contributed by atoms with E-state index in [1.807, 2.05) is 17.1 Å². The fourth-order valence-electron chi connectivity index (χ4n) is 2.22. The first-order valence-electron chi connectivity index (χ1n) is 7.35. The molecular weight excluding hydrogens is 278 g/mol. The minimum Gasteiger partial charge on any atom is -0.355 e. The third kappa shape index (κ3) is 3.15. The Morgan fingerprint density at radius 3 is 2.36 bits per heavy atom. The van der Waals surface area contributed by atoms with Gasteiger partial charge in [0.15, 0.2) is 12.5 Å². The van der Waals surface area contributed by atoms with Gasteiger partial charge in [-0.3, -0.25) is 4.79 Å². The summed E-state index contributed by atoms with van der Waals surface area (Å²) in [5.41, 5.74) is 1.57. The number of nitrogens with zero attached hydrogens (tertiary/aromatic N) is 3. The topological polar surface area (TPSA) is 70.9 Å². The van der Waals surface area contributed by atoms with Crippen molar-refractivity contribution in [1.29, 1.82) is 5.26 Å². The fourth-order valence-corrected chi connectivity index (χ4v) is 2.22. The first kappa shape index (κ1) is 16.1. The number of hydrogen-bond acceptors (Lipinski definition) is 5. The molecule has 1 aliphatic heterocycles. The Balaban J connectivity index is 2.05. The number of carbonyl (C=O) groups excluding carboxylic acids is 1. The highest BCUT2D eigenvalue weighted by molar-refractivity contribution is 5.94. The second kappa shape index (κ2) is 5.85. The number of rotatable bonds is 4. The van der Waals surface area contributed by atoms with Crippen LogP contribution in [0.3, 0.4) is 0 Å². The fraction of sp³-hybridized carbons (Fsp3) is 0.500. The highest BCUT2D eigenvalue weighted by Gasteiger charge is 2.51. The first-order valence-corrected chi connectivity index (χ1v) is 7.35. The minimum absolute atomic E-state index is 0.0780. The summed E-state index contributed by atoms with van der Waals surface area (Å²) in [6, 6.07) is 7.45. The maximum absolute atomic E-state index is 11.5. The Morgan fingerprint density at radius 1 is 1.32 bits per heavy atom. The average Bonchev–Trinajstić information content (AvgIpc) is 3.17. The van der Waals surface area contributed by atoms with Crippen LogP contribution in [0.25, 0.3) is 0 Å². The summed E-state index contributed by atoms with van der Waals surface area (Å²) in [5, 5.41) is 18.8. The highest BCUT2D eigenvalue weighted by atomic mass is 16.1. The summed E-state index contributed by atoms with van der Waals surface area (Å²) in [4.78, 5) is 11.5. The summed E-state index contributed by atoms with van der Waals surface area (Å²) < 4.78 is 0. The Bertz CT molecular complexity index is 584. The van der Waals surface area contributed by atoms with Gasteiger partial charge in [0, 0.05) is 24.3 Å². The molecule has 1 amide bonds. The average molecular weight is 301 g/mol. The van der Waals surface area contributed by atoms with Gasteiger partial charge in [-0.25, -0.2) is 0 Å². The van der Waals surface area contributed by atoms with E-state index in [0.717, 1.165) is 5.69 Å². The lowest BCUT2D eigenvalue weighted by Gasteiger charge is -2.27. The van der Waals surface area contributed by atoms with Crippen LogP contribution in [0.1, 0.15) is 38.1 Å². The van der Waals surface area contributed by atoms with E-state index in [9.17, 15) is 10.1 Å². The summed E-state index contributed by atoms with van der Waals surface area (Å²) >= 11 is 0. The van der Waals surface area contributed by atoms with Gasteiger partial charge >= 0.3 is 0 Å². The Morgan fingerprint density at radius 2 is 1.91 bits per heavy atom. The van der Waals surface area contributed by atoms with Crippen molar-refractivity contribution >= 4 is 11.6 Å². The van der Waals surface area contributed by atoms with E-state index < -0.39 is 0 Å². The molecule has 2 rings (SSSR count). The van der Waals surface area contributed by atoms with Gasteiger partial charge in [0.05, 0.1) is 0 Å². The molecular formula is C16H23N5O. The van der Waals surface area contributed by atoms with Crippen LogP contribution >= 0.6 is 0 Å². The maximum atomic E-state index is 11.5. The number of anilines is 1. The van der Waals surface area contributed by atoms with Crippen molar-refractivity contribution < 1.29 is 4.79 Å². The van der Waals surface area contributed by atoms with Crippen LogP contribution in [0.5, 0.6) is 0 Å². The molecule has 0 bridgehead atoms. The molecule has 0 spiro atoms. The van der Waals surface area contributed by atoms with Crippen molar-refractivity contribution in [3.05, 3.63) is 29.8 Å². The monoisotopic (exact) mass is 301 g/mol. The predicted molar refractivity (Wildman–Crippen MR) is 85.5 cm³/mol. The molecule has 22 heavy (non-hydrogen) atoms. The van der Waals surface area contributed by atoms with E-state index >= 15 is 0 Å². The number of hydrazine groups is 1. The van der Waals surface area contributed by atoms with Crippen LogP contribution in [0.15, 0.2) is 24.3 Å². The summed E-state index contributed by atoms with van der Waals surface area (Å²) in [5.74, 6) is -0.111. The molecule has 1 fully saturated rings. The number of amides is 1. The molecule has 1 aromatic rings. The van der Waals surface area contributed by atoms with Crippen LogP contribution in [0.4, 0.5) is 5.69 Å². The zero-order chi connectivity index (χ0) is 16.5. The third-order valence-electron chi connectivity index (χ3n) is 4.10. The van der Waals surface area contributed by atoms with E-state index in [1.165, 1.54) is 0 Å².